The van der Waals surface area contributed by atoms with Crippen LogP contribution in [0.2, 0.25) is 0 Å². The molecule has 0 aliphatic rings. The lowest BCUT2D eigenvalue weighted by atomic mass is 10.2. The first kappa shape index (κ1) is 15.9. The van der Waals surface area contributed by atoms with Gasteiger partial charge in [0.1, 0.15) is 5.75 Å². The van der Waals surface area contributed by atoms with Crippen LogP contribution in [0.1, 0.15) is 12.5 Å². The Labute approximate surface area is 132 Å². The van der Waals surface area contributed by atoms with Crippen molar-refractivity contribution < 1.29 is 27.1 Å². The number of fused-ring (bicyclic) bond motifs is 1. The van der Waals surface area contributed by atoms with E-state index in [1.54, 1.807) is 0 Å². The molecule has 0 radical (unpaired) electrons. The first-order chi connectivity index (χ1) is 11.3. The van der Waals surface area contributed by atoms with E-state index in [1.807, 2.05) is 0 Å². The molecule has 0 N–H and O–H groups in total. The van der Waals surface area contributed by atoms with Crippen molar-refractivity contribution in [1.29, 1.82) is 0 Å². The minimum absolute atomic E-state index is 0.191. The number of carbonyl (C=O) groups is 1. The molecular weight excluding hydrogens is 327 g/mol. The first-order valence-electron chi connectivity index (χ1n) is 6.77. The SMILES string of the molecule is CC(=O)Oc1ccc2oc(=O)n(-c3ccc(C(F)(F)F)cc3)c2c1. The molecule has 1 aromatic heterocycles. The standard InChI is InChI=1S/C16H10F3NO4/c1-9(21)23-12-6-7-14-13(8-12)20(15(22)24-14)11-4-2-10(3-5-11)16(17,18)19/h2-8H,1H3. The van der Waals surface area contributed by atoms with Gasteiger partial charge in [-0.25, -0.2) is 9.36 Å². The maximum absolute atomic E-state index is 12.6. The monoisotopic (exact) mass is 337 g/mol. The highest BCUT2D eigenvalue weighted by Gasteiger charge is 2.30. The summed E-state index contributed by atoms with van der Waals surface area (Å²) in [7, 11) is 0. The molecule has 0 aliphatic carbocycles. The Kier molecular flexibility index (Phi) is 3.67. The predicted molar refractivity (Wildman–Crippen MR) is 78.1 cm³/mol. The largest absolute Gasteiger partial charge is 0.427 e. The lowest BCUT2D eigenvalue weighted by Gasteiger charge is -2.08. The molecule has 1 heterocycles. The van der Waals surface area contributed by atoms with Crippen molar-refractivity contribution in [3.8, 4) is 11.4 Å². The van der Waals surface area contributed by atoms with Gasteiger partial charge >= 0.3 is 17.9 Å². The van der Waals surface area contributed by atoms with Gasteiger partial charge in [-0.3, -0.25) is 4.79 Å². The number of esters is 1. The highest BCUT2D eigenvalue weighted by atomic mass is 19.4. The highest BCUT2D eigenvalue weighted by molar-refractivity contribution is 5.78. The molecule has 124 valence electrons. The Balaban J connectivity index is 2.13. The summed E-state index contributed by atoms with van der Waals surface area (Å²) in [6, 6.07) is 8.36. The third kappa shape index (κ3) is 2.90. The molecule has 0 amide bonds. The second kappa shape index (κ2) is 5.55. The third-order valence-corrected chi connectivity index (χ3v) is 3.27. The molecule has 0 aliphatic heterocycles. The van der Waals surface area contributed by atoms with Gasteiger partial charge in [0.05, 0.1) is 16.8 Å². The zero-order chi connectivity index (χ0) is 17.5. The van der Waals surface area contributed by atoms with Crippen LogP contribution < -0.4 is 10.5 Å². The van der Waals surface area contributed by atoms with Gasteiger partial charge in [-0.05, 0) is 36.4 Å². The molecular formula is C16H10F3NO4. The molecule has 8 heteroatoms. The van der Waals surface area contributed by atoms with Gasteiger partial charge < -0.3 is 9.15 Å². The van der Waals surface area contributed by atoms with E-state index in [2.05, 4.69) is 0 Å². The number of carbonyl (C=O) groups excluding carboxylic acids is 1. The molecule has 0 bridgehead atoms. The van der Waals surface area contributed by atoms with Gasteiger partial charge in [-0.2, -0.15) is 13.2 Å². The van der Waals surface area contributed by atoms with Gasteiger partial charge in [-0.1, -0.05) is 0 Å². The average molecular weight is 337 g/mol. The molecule has 0 fully saturated rings. The minimum Gasteiger partial charge on any atom is -0.427 e. The van der Waals surface area contributed by atoms with Crippen LogP contribution in [0.5, 0.6) is 5.75 Å². The molecule has 24 heavy (non-hydrogen) atoms. The smallest absolute Gasteiger partial charge is 0.424 e. The van der Waals surface area contributed by atoms with E-state index in [9.17, 15) is 22.8 Å². The topological polar surface area (TPSA) is 61.4 Å². The number of ether oxygens (including phenoxy) is 1. The number of halogens is 3. The normalized spacial score (nSPS) is 11.7. The maximum Gasteiger partial charge on any atom is 0.424 e. The van der Waals surface area contributed by atoms with Gasteiger partial charge in [-0.15, -0.1) is 0 Å². The molecule has 0 spiro atoms. The van der Waals surface area contributed by atoms with Crippen LogP contribution in [0.4, 0.5) is 13.2 Å². The minimum atomic E-state index is -4.47. The Hall–Kier alpha value is -3.03. The van der Waals surface area contributed by atoms with Crippen LogP contribution in [0.3, 0.4) is 0 Å². The summed E-state index contributed by atoms with van der Waals surface area (Å²) in [6.07, 6.45) is -4.47. The Morgan fingerprint density at radius 2 is 1.79 bits per heavy atom. The zero-order valence-corrected chi connectivity index (χ0v) is 12.3. The lowest BCUT2D eigenvalue weighted by Crippen LogP contribution is -2.12. The van der Waals surface area contributed by atoms with Gasteiger partial charge in [0.15, 0.2) is 5.58 Å². The molecule has 5 nitrogen and oxygen atoms in total. The molecule has 0 unspecified atom stereocenters. The van der Waals surface area contributed by atoms with E-state index in [-0.39, 0.29) is 22.5 Å². The molecule has 0 saturated heterocycles. The van der Waals surface area contributed by atoms with E-state index in [4.69, 9.17) is 9.15 Å². The Bertz CT molecular complexity index is 968. The number of rotatable bonds is 2. The number of nitrogens with zero attached hydrogens (tertiary/aromatic N) is 1. The summed E-state index contributed by atoms with van der Waals surface area (Å²) in [6.45, 7) is 1.22. The quantitative estimate of drug-likeness (QED) is 0.530. The van der Waals surface area contributed by atoms with Crippen molar-refractivity contribution in [3.63, 3.8) is 0 Å². The number of benzene rings is 2. The van der Waals surface area contributed by atoms with Crippen LogP contribution in [-0.4, -0.2) is 10.5 Å². The highest BCUT2D eigenvalue weighted by Crippen LogP contribution is 2.30. The molecule has 0 saturated carbocycles. The number of alkyl halides is 3. The van der Waals surface area contributed by atoms with Gasteiger partial charge in [0.25, 0.3) is 0 Å². The number of oxazole rings is 1. The van der Waals surface area contributed by atoms with Gasteiger partial charge in [0, 0.05) is 13.0 Å². The van der Waals surface area contributed by atoms with Gasteiger partial charge in [0.2, 0.25) is 0 Å². The summed E-state index contributed by atoms with van der Waals surface area (Å²) in [5.74, 6) is -1.11. The summed E-state index contributed by atoms with van der Waals surface area (Å²) < 4.78 is 49.0. The van der Waals surface area contributed by atoms with Crippen molar-refractivity contribution >= 4 is 17.1 Å². The second-order valence-electron chi connectivity index (χ2n) is 4.97. The fraction of sp³-hybridized carbons (Fsp3) is 0.125. The summed E-state index contributed by atoms with van der Waals surface area (Å²) in [5, 5.41) is 0. The maximum atomic E-state index is 12.6. The summed E-state index contributed by atoms with van der Waals surface area (Å²) in [5.41, 5.74) is -0.131. The van der Waals surface area contributed by atoms with E-state index in [0.29, 0.717) is 0 Å². The Morgan fingerprint density at radius 1 is 1.12 bits per heavy atom. The van der Waals surface area contributed by atoms with Crippen LogP contribution in [-0.2, 0) is 11.0 Å². The molecule has 3 rings (SSSR count). The van der Waals surface area contributed by atoms with Crippen LogP contribution in [0.15, 0.2) is 51.7 Å². The first-order valence-corrected chi connectivity index (χ1v) is 6.77. The number of hydrogen-bond donors (Lipinski definition) is 0. The number of aromatic nitrogens is 1. The zero-order valence-electron chi connectivity index (χ0n) is 12.3. The average Bonchev–Trinajstić information content (AvgIpc) is 2.81. The molecule has 2 aromatic carbocycles. The lowest BCUT2D eigenvalue weighted by molar-refractivity contribution is -0.137. The van der Waals surface area contributed by atoms with Crippen molar-refractivity contribution in [2.24, 2.45) is 0 Å². The van der Waals surface area contributed by atoms with E-state index >= 15 is 0 Å². The fourth-order valence-corrected chi connectivity index (χ4v) is 2.27. The third-order valence-electron chi connectivity index (χ3n) is 3.27. The van der Waals surface area contributed by atoms with Crippen LogP contribution in [0.25, 0.3) is 16.8 Å². The number of hydrogen-bond acceptors (Lipinski definition) is 4. The van der Waals surface area contributed by atoms with E-state index in [1.165, 1.54) is 25.1 Å². The second-order valence-corrected chi connectivity index (χ2v) is 4.97. The van der Waals surface area contributed by atoms with Crippen molar-refractivity contribution in [1.82, 2.24) is 4.57 Å². The molecule has 3 aromatic rings. The predicted octanol–water partition coefficient (Wildman–Crippen LogP) is 3.53. The summed E-state index contributed by atoms with van der Waals surface area (Å²) >= 11 is 0. The van der Waals surface area contributed by atoms with Crippen molar-refractivity contribution in [2.45, 2.75) is 13.1 Å². The Morgan fingerprint density at radius 3 is 2.38 bits per heavy atom. The van der Waals surface area contributed by atoms with Crippen molar-refractivity contribution in [2.75, 3.05) is 0 Å². The van der Waals surface area contributed by atoms with E-state index in [0.717, 1.165) is 28.8 Å². The van der Waals surface area contributed by atoms with Crippen LogP contribution >= 0.6 is 0 Å². The van der Waals surface area contributed by atoms with Crippen molar-refractivity contribution in [3.05, 3.63) is 58.6 Å². The summed E-state index contributed by atoms with van der Waals surface area (Å²) in [4.78, 5) is 23.0. The van der Waals surface area contributed by atoms with Crippen LogP contribution in [0, 0.1) is 0 Å². The fourth-order valence-electron chi connectivity index (χ4n) is 2.27. The van der Waals surface area contributed by atoms with E-state index < -0.39 is 23.5 Å². The molecule has 0 atom stereocenters.